The standard InChI is InChI=1S/C20H28N2O/c23-16-20(17-10-4-1-5-11-17)21-22(18-12-6-2-7-13-18)19-14-8-3-9-15-19/h1,4-5,10-11,16,18-19H,2-3,6-9,12-15H2. The Kier molecular flexibility index (Phi) is 5.84. The molecule has 23 heavy (non-hydrogen) atoms. The monoisotopic (exact) mass is 312 g/mol. The Morgan fingerprint density at radius 2 is 1.39 bits per heavy atom. The minimum absolute atomic E-state index is 0.519. The van der Waals surface area contributed by atoms with Crippen LogP contribution in [-0.2, 0) is 4.79 Å². The summed E-state index contributed by atoms with van der Waals surface area (Å²) in [6, 6.07) is 10.9. The molecule has 2 fully saturated rings. The van der Waals surface area contributed by atoms with Crippen LogP contribution in [-0.4, -0.2) is 29.1 Å². The van der Waals surface area contributed by atoms with Crippen molar-refractivity contribution in [2.45, 2.75) is 76.3 Å². The smallest absolute Gasteiger partial charge is 0.170 e. The van der Waals surface area contributed by atoms with Gasteiger partial charge in [0.15, 0.2) is 6.29 Å². The van der Waals surface area contributed by atoms with Crippen LogP contribution >= 0.6 is 0 Å². The molecule has 2 aliphatic rings. The lowest BCUT2D eigenvalue weighted by atomic mass is 9.90. The van der Waals surface area contributed by atoms with E-state index in [0.717, 1.165) is 11.8 Å². The molecule has 0 heterocycles. The van der Waals surface area contributed by atoms with Crippen molar-refractivity contribution in [3.63, 3.8) is 0 Å². The summed E-state index contributed by atoms with van der Waals surface area (Å²) >= 11 is 0. The first-order chi connectivity index (χ1) is 11.4. The van der Waals surface area contributed by atoms with Gasteiger partial charge in [0.2, 0.25) is 0 Å². The maximum absolute atomic E-state index is 11.6. The summed E-state index contributed by atoms with van der Waals surface area (Å²) in [5, 5.41) is 7.22. The van der Waals surface area contributed by atoms with Crippen molar-refractivity contribution in [2.24, 2.45) is 5.10 Å². The molecule has 2 aliphatic carbocycles. The van der Waals surface area contributed by atoms with Gasteiger partial charge in [-0.15, -0.1) is 0 Å². The van der Waals surface area contributed by atoms with Gasteiger partial charge in [-0.25, -0.2) is 0 Å². The molecule has 0 bridgehead atoms. The van der Waals surface area contributed by atoms with E-state index in [1.54, 1.807) is 0 Å². The van der Waals surface area contributed by atoms with Crippen molar-refractivity contribution in [3.8, 4) is 0 Å². The summed E-state index contributed by atoms with van der Waals surface area (Å²) in [4.78, 5) is 11.6. The first-order valence-corrected chi connectivity index (χ1v) is 9.26. The maximum Gasteiger partial charge on any atom is 0.170 e. The van der Waals surface area contributed by atoms with E-state index in [1.807, 2.05) is 30.3 Å². The predicted molar refractivity (Wildman–Crippen MR) is 94.6 cm³/mol. The van der Waals surface area contributed by atoms with Gasteiger partial charge in [-0.2, -0.15) is 5.10 Å². The first kappa shape index (κ1) is 16.2. The molecular weight excluding hydrogens is 284 g/mol. The van der Waals surface area contributed by atoms with Gasteiger partial charge in [-0.3, -0.25) is 9.80 Å². The van der Waals surface area contributed by atoms with E-state index in [4.69, 9.17) is 5.10 Å². The van der Waals surface area contributed by atoms with Crippen LogP contribution < -0.4 is 0 Å². The Bertz CT molecular complexity index is 496. The molecule has 3 rings (SSSR count). The van der Waals surface area contributed by atoms with Gasteiger partial charge in [0.05, 0.1) is 0 Å². The molecule has 0 amide bonds. The summed E-state index contributed by atoms with van der Waals surface area (Å²) in [7, 11) is 0. The van der Waals surface area contributed by atoms with Crippen molar-refractivity contribution in [1.29, 1.82) is 0 Å². The molecule has 124 valence electrons. The molecule has 0 radical (unpaired) electrons. The van der Waals surface area contributed by atoms with Gasteiger partial charge in [0.1, 0.15) is 5.71 Å². The van der Waals surface area contributed by atoms with Crippen LogP contribution in [0.25, 0.3) is 0 Å². The molecule has 0 saturated heterocycles. The highest BCUT2D eigenvalue weighted by Crippen LogP contribution is 2.30. The molecule has 3 nitrogen and oxygen atoms in total. The summed E-state index contributed by atoms with van der Waals surface area (Å²) in [5.41, 5.74) is 1.51. The van der Waals surface area contributed by atoms with Crippen LogP contribution in [0.4, 0.5) is 0 Å². The second-order valence-corrected chi connectivity index (χ2v) is 6.93. The molecule has 1 aromatic carbocycles. The van der Waals surface area contributed by atoms with Crippen LogP contribution in [0.1, 0.15) is 69.8 Å². The number of hydrogen-bond acceptors (Lipinski definition) is 3. The second-order valence-electron chi connectivity index (χ2n) is 6.93. The number of benzene rings is 1. The molecule has 0 atom stereocenters. The van der Waals surface area contributed by atoms with E-state index in [9.17, 15) is 4.79 Å². The summed E-state index contributed by atoms with van der Waals surface area (Å²) in [6.07, 6.45) is 13.7. The van der Waals surface area contributed by atoms with Gasteiger partial charge < -0.3 is 0 Å². The number of rotatable bonds is 5. The van der Waals surface area contributed by atoms with Crippen LogP contribution in [0.5, 0.6) is 0 Å². The first-order valence-electron chi connectivity index (χ1n) is 9.26. The molecule has 0 unspecified atom stereocenters. The fourth-order valence-corrected chi connectivity index (χ4v) is 4.04. The minimum atomic E-state index is 0.519. The lowest BCUT2D eigenvalue weighted by Crippen LogP contribution is -2.42. The maximum atomic E-state index is 11.6. The van der Waals surface area contributed by atoms with E-state index in [0.29, 0.717) is 17.8 Å². The Labute approximate surface area is 139 Å². The van der Waals surface area contributed by atoms with E-state index >= 15 is 0 Å². The molecule has 2 saturated carbocycles. The third kappa shape index (κ3) is 4.21. The van der Waals surface area contributed by atoms with Crippen LogP contribution in [0.2, 0.25) is 0 Å². The van der Waals surface area contributed by atoms with E-state index in [-0.39, 0.29) is 0 Å². The predicted octanol–water partition coefficient (Wildman–Crippen LogP) is 4.56. The Hall–Kier alpha value is -1.64. The number of hydrogen-bond donors (Lipinski definition) is 0. The van der Waals surface area contributed by atoms with Crippen LogP contribution in [0.15, 0.2) is 35.4 Å². The van der Waals surface area contributed by atoms with E-state index in [1.165, 1.54) is 64.2 Å². The highest BCUT2D eigenvalue weighted by molar-refractivity contribution is 6.36. The lowest BCUT2D eigenvalue weighted by Gasteiger charge is -2.40. The van der Waals surface area contributed by atoms with Crippen molar-refractivity contribution < 1.29 is 4.79 Å². The Morgan fingerprint density at radius 3 is 1.87 bits per heavy atom. The highest BCUT2D eigenvalue weighted by Gasteiger charge is 2.28. The van der Waals surface area contributed by atoms with Gasteiger partial charge in [0.25, 0.3) is 0 Å². The summed E-state index contributed by atoms with van der Waals surface area (Å²) < 4.78 is 0. The fourth-order valence-electron chi connectivity index (χ4n) is 4.04. The zero-order valence-electron chi connectivity index (χ0n) is 14.0. The molecule has 1 aromatic rings. The third-order valence-electron chi connectivity index (χ3n) is 5.30. The average Bonchev–Trinajstić information content (AvgIpc) is 2.65. The summed E-state index contributed by atoms with van der Waals surface area (Å²) in [6.45, 7) is 0. The molecule has 0 aromatic heterocycles. The lowest BCUT2D eigenvalue weighted by molar-refractivity contribution is -0.102. The SMILES string of the molecule is O=CC(=NN(C1CCCCC1)C1CCCCC1)c1ccccc1. The van der Waals surface area contributed by atoms with Gasteiger partial charge >= 0.3 is 0 Å². The highest BCUT2D eigenvalue weighted by atomic mass is 16.1. The number of nitrogens with zero attached hydrogens (tertiary/aromatic N) is 2. The zero-order valence-corrected chi connectivity index (χ0v) is 14.0. The van der Waals surface area contributed by atoms with E-state index < -0.39 is 0 Å². The normalized spacial score (nSPS) is 21.1. The van der Waals surface area contributed by atoms with Crippen molar-refractivity contribution >= 4 is 12.0 Å². The van der Waals surface area contributed by atoms with Crippen molar-refractivity contribution in [1.82, 2.24) is 5.01 Å². The number of aldehydes is 1. The number of carbonyl (C=O) groups is 1. The average molecular weight is 312 g/mol. The topological polar surface area (TPSA) is 32.7 Å². The molecule has 0 spiro atoms. The third-order valence-corrected chi connectivity index (χ3v) is 5.30. The number of hydrazone groups is 1. The second kappa shape index (κ2) is 8.28. The molecule has 3 heteroatoms. The van der Waals surface area contributed by atoms with E-state index in [2.05, 4.69) is 5.01 Å². The number of carbonyl (C=O) groups excluding carboxylic acids is 1. The van der Waals surface area contributed by atoms with Crippen molar-refractivity contribution in [3.05, 3.63) is 35.9 Å². The largest absolute Gasteiger partial charge is 0.296 e. The zero-order chi connectivity index (χ0) is 15.9. The molecular formula is C20H28N2O. The van der Waals surface area contributed by atoms with Crippen LogP contribution in [0.3, 0.4) is 0 Å². The summed E-state index contributed by atoms with van der Waals surface area (Å²) in [5.74, 6) is 0. The minimum Gasteiger partial charge on any atom is -0.296 e. The molecule has 0 N–H and O–H groups in total. The van der Waals surface area contributed by atoms with Gasteiger partial charge in [0, 0.05) is 17.6 Å². The van der Waals surface area contributed by atoms with Crippen LogP contribution in [0, 0.1) is 0 Å². The quantitative estimate of drug-likeness (QED) is 0.454. The van der Waals surface area contributed by atoms with Crippen molar-refractivity contribution in [2.75, 3.05) is 0 Å². The Morgan fingerprint density at radius 1 is 0.870 bits per heavy atom. The fraction of sp³-hybridized carbons (Fsp3) is 0.600. The van der Waals surface area contributed by atoms with Gasteiger partial charge in [-0.1, -0.05) is 68.9 Å². The molecule has 0 aliphatic heterocycles. The van der Waals surface area contributed by atoms with Gasteiger partial charge in [-0.05, 0) is 25.7 Å². The Balaban J connectivity index is 1.86.